The highest BCUT2D eigenvalue weighted by Crippen LogP contribution is 2.63. The Kier molecular flexibility index (Phi) is 6.55. The second-order valence-electron chi connectivity index (χ2n) is 11.3. The minimum atomic E-state index is -0.676. The first-order chi connectivity index (χ1) is 17.2. The van der Waals surface area contributed by atoms with Crippen LogP contribution in [0.3, 0.4) is 0 Å². The van der Waals surface area contributed by atoms with E-state index in [2.05, 4.69) is 4.98 Å². The summed E-state index contributed by atoms with van der Waals surface area (Å²) >= 11 is 0. The van der Waals surface area contributed by atoms with Gasteiger partial charge in [0.2, 0.25) is 5.91 Å². The van der Waals surface area contributed by atoms with E-state index >= 15 is 0 Å². The van der Waals surface area contributed by atoms with Crippen LogP contribution in [-0.2, 0) is 16.1 Å². The second-order valence-corrected chi connectivity index (χ2v) is 11.3. The average molecular weight is 497 g/mol. The van der Waals surface area contributed by atoms with Crippen molar-refractivity contribution in [1.29, 1.82) is 0 Å². The minimum Gasteiger partial charge on any atom is -0.390 e. The van der Waals surface area contributed by atoms with Crippen LogP contribution in [0, 0.1) is 17.3 Å². The van der Waals surface area contributed by atoms with Gasteiger partial charge in [-0.2, -0.15) is 0 Å². The molecule has 0 unspecified atom stereocenters. The SMILES string of the molecule is COCCCN(C(=O)CC12C[C@H]3C[C@@H](CC(O)(C3)C1)C2)c1c(N)n(Cc2ccccc2)c(=O)[nH]c1=O. The third-order valence-electron chi connectivity index (χ3n) is 8.38. The van der Waals surface area contributed by atoms with Gasteiger partial charge in [-0.1, -0.05) is 30.3 Å². The molecule has 4 fully saturated rings. The predicted molar refractivity (Wildman–Crippen MR) is 137 cm³/mol. The zero-order chi connectivity index (χ0) is 25.5. The van der Waals surface area contributed by atoms with Gasteiger partial charge in [-0.15, -0.1) is 0 Å². The summed E-state index contributed by atoms with van der Waals surface area (Å²) in [7, 11) is 1.59. The number of aliphatic hydroxyl groups is 1. The van der Waals surface area contributed by atoms with E-state index in [1.165, 1.54) is 9.47 Å². The van der Waals surface area contributed by atoms with E-state index in [0.29, 0.717) is 31.3 Å². The molecule has 1 aromatic carbocycles. The molecule has 6 rings (SSSR count). The number of nitrogen functional groups attached to an aromatic ring is 1. The molecule has 1 heterocycles. The Labute approximate surface area is 210 Å². The lowest BCUT2D eigenvalue weighted by molar-refractivity contribution is -0.168. The largest absolute Gasteiger partial charge is 0.390 e. The van der Waals surface area contributed by atoms with Gasteiger partial charge in [0, 0.05) is 26.7 Å². The summed E-state index contributed by atoms with van der Waals surface area (Å²) in [6, 6.07) is 9.35. The maximum Gasteiger partial charge on any atom is 0.330 e. The molecular weight excluding hydrogens is 460 g/mol. The maximum absolute atomic E-state index is 13.9. The highest BCUT2D eigenvalue weighted by atomic mass is 16.5. The zero-order valence-electron chi connectivity index (χ0n) is 20.9. The Morgan fingerprint density at radius 1 is 1.19 bits per heavy atom. The number of nitrogens with two attached hydrogens (primary N) is 1. The molecular formula is C27H36N4O5. The zero-order valence-corrected chi connectivity index (χ0v) is 20.9. The number of benzene rings is 1. The molecule has 9 heteroatoms. The Morgan fingerprint density at radius 3 is 2.53 bits per heavy atom. The molecule has 2 atom stereocenters. The van der Waals surface area contributed by atoms with Crippen LogP contribution < -0.4 is 21.9 Å². The van der Waals surface area contributed by atoms with Crippen LogP contribution in [0.4, 0.5) is 11.5 Å². The van der Waals surface area contributed by atoms with Gasteiger partial charge in [-0.05, 0) is 67.8 Å². The molecule has 1 amide bonds. The monoisotopic (exact) mass is 496 g/mol. The van der Waals surface area contributed by atoms with Gasteiger partial charge < -0.3 is 20.5 Å². The van der Waals surface area contributed by atoms with Gasteiger partial charge >= 0.3 is 5.69 Å². The van der Waals surface area contributed by atoms with Crippen molar-refractivity contribution >= 4 is 17.4 Å². The summed E-state index contributed by atoms with van der Waals surface area (Å²) in [6.07, 6.45) is 6.05. The standard InChI is InChI=1S/C27H36N4O5/c1-36-9-5-8-30(21(32)15-26-11-19-10-20(12-26)14-27(35,13-19)17-26)22-23(28)31(25(34)29-24(22)33)16-18-6-3-2-4-7-18/h2-4,6-7,19-20,35H,5,8-17,28H2,1H3,(H,29,33,34)/t19-,20-,26?,27?/m1/s1. The van der Waals surface area contributed by atoms with Gasteiger partial charge in [0.15, 0.2) is 5.69 Å². The van der Waals surface area contributed by atoms with E-state index in [1.54, 1.807) is 7.11 Å². The van der Waals surface area contributed by atoms with Gasteiger partial charge in [0.05, 0.1) is 12.1 Å². The van der Waals surface area contributed by atoms with Crippen molar-refractivity contribution in [2.75, 3.05) is 30.9 Å². The normalized spacial score (nSPS) is 28.4. The summed E-state index contributed by atoms with van der Waals surface area (Å²) < 4.78 is 6.50. The number of H-pyrrole nitrogens is 1. The van der Waals surface area contributed by atoms with Crippen LogP contribution in [0.5, 0.6) is 0 Å². The number of carbonyl (C=O) groups excluding carboxylic acids is 1. The number of nitrogens with zero attached hydrogens (tertiary/aromatic N) is 2. The first-order valence-electron chi connectivity index (χ1n) is 12.9. The highest BCUT2D eigenvalue weighted by Gasteiger charge is 2.57. The molecule has 4 bridgehead atoms. The Hall–Kier alpha value is -2.91. The highest BCUT2D eigenvalue weighted by molar-refractivity contribution is 5.96. The molecule has 194 valence electrons. The van der Waals surface area contributed by atoms with Crippen molar-refractivity contribution < 1.29 is 14.6 Å². The number of ether oxygens (including phenoxy) is 1. The summed E-state index contributed by atoms with van der Waals surface area (Å²) in [5.41, 5.74) is 5.08. The smallest absolute Gasteiger partial charge is 0.330 e. The molecule has 4 aliphatic carbocycles. The molecule has 4 saturated carbocycles. The average Bonchev–Trinajstić information content (AvgIpc) is 2.79. The lowest BCUT2D eigenvalue weighted by Gasteiger charge is -2.60. The molecule has 9 nitrogen and oxygen atoms in total. The van der Waals surface area contributed by atoms with E-state index in [9.17, 15) is 19.5 Å². The summed E-state index contributed by atoms with van der Waals surface area (Å²) in [5, 5.41) is 11.2. The van der Waals surface area contributed by atoms with Crippen LogP contribution in [0.15, 0.2) is 39.9 Å². The number of anilines is 2. The quantitative estimate of drug-likeness (QED) is 0.457. The third-order valence-corrected chi connectivity index (χ3v) is 8.38. The number of aromatic amines is 1. The number of hydrogen-bond donors (Lipinski definition) is 3. The van der Waals surface area contributed by atoms with E-state index in [-0.39, 0.29) is 42.3 Å². The van der Waals surface area contributed by atoms with Crippen molar-refractivity contribution in [3.05, 3.63) is 56.7 Å². The van der Waals surface area contributed by atoms with Crippen molar-refractivity contribution in [3.8, 4) is 0 Å². The van der Waals surface area contributed by atoms with Gasteiger partial charge in [0.25, 0.3) is 5.56 Å². The van der Waals surface area contributed by atoms with Gasteiger partial charge in [-0.25, -0.2) is 4.79 Å². The number of amides is 1. The Morgan fingerprint density at radius 2 is 1.89 bits per heavy atom. The molecule has 0 aliphatic heterocycles. The molecule has 0 radical (unpaired) electrons. The minimum absolute atomic E-state index is 0.00933. The van der Waals surface area contributed by atoms with Crippen molar-refractivity contribution in [1.82, 2.24) is 9.55 Å². The van der Waals surface area contributed by atoms with Gasteiger partial charge in [0.1, 0.15) is 5.82 Å². The summed E-state index contributed by atoms with van der Waals surface area (Å²) in [5.74, 6) is 0.681. The number of nitrogens with one attached hydrogen (secondary N) is 1. The lowest BCUT2D eigenvalue weighted by Crippen LogP contribution is -2.57. The molecule has 36 heavy (non-hydrogen) atoms. The molecule has 2 aromatic rings. The van der Waals surface area contributed by atoms with Crippen LogP contribution in [0.1, 0.15) is 56.9 Å². The van der Waals surface area contributed by atoms with Crippen LogP contribution in [-0.4, -0.2) is 46.4 Å². The Balaban J connectivity index is 1.48. The van der Waals surface area contributed by atoms with Crippen molar-refractivity contribution in [2.45, 2.75) is 63.5 Å². The molecule has 4 N–H and O–H groups in total. The fourth-order valence-electron chi connectivity index (χ4n) is 7.51. The second kappa shape index (κ2) is 9.52. The van der Waals surface area contributed by atoms with Gasteiger partial charge in [-0.3, -0.25) is 19.1 Å². The third kappa shape index (κ3) is 4.74. The van der Waals surface area contributed by atoms with Crippen LogP contribution in [0.25, 0.3) is 0 Å². The predicted octanol–water partition coefficient (Wildman–Crippen LogP) is 2.26. The van der Waals surface area contributed by atoms with Crippen molar-refractivity contribution in [2.24, 2.45) is 17.3 Å². The summed E-state index contributed by atoms with van der Waals surface area (Å²) in [6.45, 7) is 0.840. The van der Waals surface area contributed by atoms with E-state index < -0.39 is 16.9 Å². The van der Waals surface area contributed by atoms with E-state index in [1.807, 2.05) is 30.3 Å². The number of carbonyl (C=O) groups is 1. The molecule has 1 aromatic heterocycles. The molecule has 4 aliphatic rings. The molecule has 0 spiro atoms. The lowest BCUT2D eigenvalue weighted by atomic mass is 9.47. The van der Waals surface area contributed by atoms with E-state index in [4.69, 9.17) is 10.5 Å². The van der Waals surface area contributed by atoms with Crippen LogP contribution in [0.2, 0.25) is 0 Å². The van der Waals surface area contributed by atoms with Crippen LogP contribution >= 0.6 is 0 Å². The topological polar surface area (TPSA) is 131 Å². The fraction of sp³-hybridized carbons (Fsp3) is 0.593. The van der Waals surface area contributed by atoms with E-state index in [0.717, 1.165) is 37.7 Å². The Bertz CT molecular complexity index is 1220. The first kappa shape index (κ1) is 24.8. The number of methoxy groups -OCH3 is 1. The number of hydrogen-bond acceptors (Lipinski definition) is 6. The summed E-state index contributed by atoms with van der Waals surface area (Å²) in [4.78, 5) is 43.4. The molecule has 0 saturated heterocycles. The first-order valence-corrected chi connectivity index (χ1v) is 12.9. The number of rotatable bonds is 9. The number of aromatic nitrogens is 2. The van der Waals surface area contributed by atoms with Crippen molar-refractivity contribution in [3.63, 3.8) is 0 Å². The fourth-order valence-corrected chi connectivity index (χ4v) is 7.51. The maximum atomic E-state index is 13.9.